The van der Waals surface area contributed by atoms with Gasteiger partial charge in [0, 0.05) is 39.3 Å². The molecule has 3 N–H and O–H groups in total. The van der Waals surface area contributed by atoms with E-state index in [2.05, 4.69) is 50.1 Å². The van der Waals surface area contributed by atoms with Crippen LogP contribution in [-0.4, -0.2) is 45.9 Å². The van der Waals surface area contributed by atoms with E-state index in [0.29, 0.717) is 5.95 Å². The number of nitrogens with one attached hydrogen (secondary N) is 1. The molecule has 1 saturated heterocycles. The fraction of sp³-hybridized carbons (Fsp3) is 0.400. The number of aromatic amines is 1. The van der Waals surface area contributed by atoms with E-state index >= 15 is 0 Å². The summed E-state index contributed by atoms with van der Waals surface area (Å²) in [5, 5.41) is 0. The Balaban J connectivity index is 0.00000121. The van der Waals surface area contributed by atoms with Crippen LogP contribution < -0.4 is 5.73 Å². The molecular weight excluding hydrogens is 321 g/mol. The number of rotatable bonds is 4. The van der Waals surface area contributed by atoms with Crippen LogP contribution in [0, 0.1) is 0 Å². The van der Waals surface area contributed by atoms with Crippen molar-refractivity contribution in [1.82, 2.24) is 19.8 Å². The first kappa shape index (κ1) is 18.8. The van der Waals surface area contributed by atoms with Gasteiger partial charge in [-0.05, 0) is 5.56 Å². The monoisotopic (exact) mass is 343 g/mol. The van der Waals surface area contributed by atoms with Crippen LogP contribution in [0.4, 0.5) is 5.95 Å². The lowest BCUT2D eigenvalue weighted by molar-refractivity contribution is 0.121. The van der Waals surface area contributed by atoms with E-state index < -0.39 is 0 Å². The number of nitrogen functional groups attached to an aromatic ring is 1. The van der Waals surface area contributed by atoms with Gasteiger partial charge in [0.2, 0.25) is 0 Å². The van der Waals surface area contributed by atoms with Gasteiger partial charge in [0.1, 0.15) is 0 Å². The first-order valence-electron chi connectivity index (χ1n) is 7.07. The standard InChI is InChI=1S/C15H21N5.2ClH/c16-15-17-10-14(18-15)12-20-8-6-19(7-9-20)11-13-4-2-1-3-5-13;;/h1-5,10H,6-9,11-12H2,(H3,16,17,18);2*1H. The molecule has 0 bridgehead atoms. The van der Waals surface area contributed by atoms with Crippen molar-refractivity contribution in [2.75, 3.05) is 31.9 Å². The van der Waals surface area contributed by atoms with Crippen molar-refractivity contribution >= 4 is 30.8 Å². The molecule has 0 atom stereocenters. The van der Waals surface area contributed by atoms with Gasteiger partial charge in [-0.2, -0.15) is 0 Å². The lowest BCUT2D eigenvalue weighted by atomic mass is 10.2. The lowest BCUT2D eigenvalue weighted by Gasteiger charge is -2.34. The van der Waals surface area contributed by atoms with Crippen molar-refractivity contribution in [2.24, 2.45) is 0 Å². The third kappa shape index (κ3) is 5.18. The maximum atomic E-state index is 5.60. The number of aromatic nitrogens is 2. The highest BCUT2D eigenvalue weighted by Crippen LogP contribution is 2.10. The Kier molecular flexibility index (Phi) is 7.68. The van der Waals surface area contributed by atoms with Crippen molar-refractivity contribution in [3.8, 4) is 0 Å². The zero-order valence-corrected chi connectivity index (χ0v) is 14.1. The van der Waals surface area contributed by atoms with Crippen molar-refractivity contribution in [2.45, 2.75) is 13.1 Å². The Morgan fingerprint density at radius 2 is 1.55 bits per heavy atom. The highest BCUT2D eigenvalue weighted by Gasteiger charge is 2.17. The Labute approximate surface area is 143 Å². The number of piperazine rings is 1. The van der Waals surface area contributed by atoms with E-state index in [1.807, 2.05) is 6.20 Å². The van der Waals surface area contributed by atoms with Gasteiger partial charge in [-0.1, -0.05) is 30.3 Å². The van der Waals surface area contributed by atoms with Crippen LogP contribution in [0.15, 0.2) is 36.5 Å². The Morgan fingerprint density at radius 3 is 2.09 bits per heavy atom. The van der Waals surface area contributed by atoms with Gasteiger partial charge >= 0.3 is 0 Å². The number of H-pyrrole nitrogens is 1. The van der Waals surface area contributed by atoms with Crippen molar-refractivity contribution < 1.29 is 0 Å². The molecule has 2 aromatic rings. The summed E-state index contributed by atoms with van der Waals surface area (Å²) < 4.78 is 0. The predicted octanol–water partition coefficient (Wildman–Crippen LogP) is 2.15. The molecule has 22 heavy (non-hydrogen) atoms. The number of hydrogen-bond acceptors (Lipinski definition) is 4. The van der Waals surface area contributed by atoms with Crippen molar-refractivity contribution in [3.63, 3.8) is 0 Å². The zero-order chi connectivity index (χ0) is 13.8. The Morgan fingerprint density at radius 1 is 0.955 bits per heavy atom. The number of anilines is 1. The topological polar surface area (TPSA) is 61.2 Å². The van der Waals surface area contributed by atoms with Gasteiger partial charge in [0.15, 0.2) is 5.95 Å². The highest BCUT2D eigenvalue weighted by atomic mass is 35.5. The average molecular weight is 344 g/mol. The number of halogens is 2. The summed E-state index contributed by atoms with van der Waals surface area (Å²) in [6.45, 7) is 6.35. The summed E-state index contributed by atoms with van der Waals surface area (Å²) >= 11 is 0. The van der Waals surface area contributed by atoms with E-state index in [9.17, 15) is 0 Å². The van der Waals surface area contributed by atoms with Gasteiger partial charge in [-0.15, -0.1) is 24.8 Å². The van der Waals surface area contributed by atoms with E-state index in [1.54, 1.807) is 0 Å². The van der Waals surface area contributed by atoms with E-state index in [0.717, 1.165) is 45.0 Å². The summed E-state index contributed by atoms with van der Waals surface area (Å²) in [4.78, 5) is 12.1. The Hall–Kier alpha value is -1.27. The van der Waals surface area contributed by atoms with Crippen LogP contribution in [0.2, 0.25) is 0 Å². The quantitative estimate of drug-likeness (QED) is 0.892. The number of nitrogens with two attached hydrogens (primary N) is 1. The first-order chi connectivity index (χ1) is 9.79. The summed E-state index contributed by atoms with van der Waals surface area (Å²) in [5.41, 5.74) is 8.09. The first-order valence-corrected chi connectivity index (χ1v) is 7.07. The van der Waals surface area contributed by atoms with Crippen LogP contribution in [0.1, 0.15) is 11.3 Å². The van der Waals surface area contributed by atoms with E-state index in [-0.39, 0.29) is 24.8 Å². The number of imidazole rings is 1. The molecule has 1 aromatic carbocycles. The maximum Gasteiger partial charge on any atom is 0.197 e. The second kappa shape index (κ2) is 9.00. The van der Waals surface area contributed by atoms with Gasteiger partial charge in [-0.25, -0.2) is 4.98 Å². The van der Waals surface area contributed by atoms with Crippen LogP contribution in [-0.2, 0) is 13.1 Å². The molecule has 5 nitrogen and oxygen atoms in total. The molecule has 2 heterocycles. The van der Waals surface area contributed by atoms with Crippen LogP contribution in [0.25, 0.3) is 0 Å². The van der Waals surface area contributed by atoms with Gasteiger partial charge < -0.3 is 10.7 Å². The number of benzene rings is 1. The van der Waals surface area contributed by atoms with E-state index in [1.165, 1.54) is 5.56 Å². The molecule has 0 unspecified atom stereocenters. The van der Waals surface area contributed by atoms with Crippen LogP contribution in [0.5, 0.6) is 0 Å². The molecule has 7 heteroatoms. The molecule has 0 spiro atoms. The minimum Gasteiger partial charge on any atom is -0.369 e. The molecule has 1 aliphatic rings. The fourth-order valence-electron chi connectivity index (χ4n) is 2.64. The summed E-state index contributed by atoms with van der Waals surface area (Å²) in [6, 6.07) is 10.7. The van der Waals surface area contributed by atoms with Gasteiger partial charge in [0.05, 0.1) is 11.9 Å². The van der Waals surface area contributed by atoms with Crippen molar-refractivity contribution in [1.29, 1.82) is 0 Å². The average Bonchev–Trinajstić information content (AvgIpc) is 2.88. The van der Waals surface area contributed by atoms with Gasteiger partial charge in [-0.3, -0.25) is 9.80 Å². The third-order valence-electron chi connectivity index (χ3n) is 3.76. The van der Waals surface area contributed by atoms with Crippen LogP contribution in [0.3, 0.4) is 0 Å². The molecular formula is C15H23Cl2N5. The molecule has 1 aromatic heterocycles. The second-order valence-corrected chi connectivity index (χ2v) is 5.33. The second-order valence-electron chi connectivity index (χ2n) is 5.33. The molecule has 1 fully saturated rings. The maximum absolute atomic E-state index is 5.60. The minimum absolute atomic E-state index is 0. The van der Waals surface area contributed by atoms with E-state index in [4.69, 9.17) is 5.73 Å². The number of nitrogens with zero attached hydrogens (tertiary/aromatic N) is 3. The largest absolute Gasteiger partial charge is 0.369 e. The summed E-state index contributed by atoms with van der Waals surface area (Å²) in [5.74, 6) is 0.503. The normalized spacial score (nSPS) is 15.8. The lowest BCUT2D eigenvalue weighted by Crippen LogP contribution is -2.45. The zero-order valence-electron chi connectivity index (χ0n) is 12.4. The molecule has 122 valence electrons. The highest BCUT2D eigenvalue weighted by molar-refractivity contribution is 5.85. The summed E-state index contributed by atoms with van der Waals surface area (Å²) in [6.07, 6.45) is 1.83. The third-order valence-corrected chi connectivity index (χ3v) is 3.76. The summed E-state index contributed by atoms with van der Waals surface area (Å²) in [7, 11) is 0. The SMILES string of the molecule is Cl.Cl.Nc1ncc(CN2CCN(Cc3ccccc3)CC2)[nH]1. The van der Waals surface area contributed by atoms with Crippen molar-refractivity contribution in [3.05, 3.63) is 47.8 Å². The molecule has 0 radical (unpaired) electrons. The van der Waals surface area contributed by atoms with Gasteiger partial charge in [0.25, 0.3) is 0 Å². The Bertz CT molecular complexity index is 538. The molecule has 0 amide bonds. The molecule has 3 rings (SSSR count). The molecule has 0 saturated carbocycles. The number of hydrogen-bond donors (Lipinski definition) is 2. The molecule has 1 aliphatic heterocycles. The fourth-order valence-corrected chi connectivity index (χ4v) is 2.64. The molecule has 0 aliphatic carbocycles. The van der Waals surface area contributed by atoms with Crippen LogP contribution >= 0.6 is 24.8 Å². The smallest absolute Gasteiger partial charge is 0.197 e. The minimum atomic E-state index is 0. The predicted molar refractivity (Wildman–Crippen MR) is 94.5 cm³/mol.